The highest BCUT2D eigenvalue weighted by Gasteiger charge is 2.22. The molecule has 0 aliphatic heterocycles. The highest BCUT2D eigenvalue weighted by molar-refractivity contribution is 6.31. The van der Waals surface area contributed by atoms with Gasteiger partial charge in [-0.2, -0.15) is 0 Å². The average molecular weight is 247 g/mol. The molecule has 1 fully saturated rings. The number of carbonyl (C=O) groups is 2. The van der Waals surface area contributed by atoms with E-state index in [1.807, 2.05) is 0 Å². The van der Waals surface area contributed by atoms with Crippen LogP contribution < -0.4 is 10.6 Å². The van der Waals surface area contributed by atoms with E-state index in [-0.39, 0.29) is 0 Å². The molecule has 1 aliphatic carbocycles. The number of halogens is 1. The van der Waals surface area contributed by atoms with E-state index in [0.717, 1.165) is 18.8 Å². The van der Waals surface area contributed by atoms with Gasteiger partial charge in [0.25, 0.3) is 0 Å². The van der Waals surface area contributed by atoms with Crippen LogP contribution in [-0.2, 0) is 4.79 Å². The molecule has 1 rings (SSSR count). The number of nitrogens with one attached hydrogen (secondary N) is 2. The lowest BCUT2D eigenvalue weighted by Crippen LogP contribution is -2.43. The van der Waals surface area contributed by atoms with E-state index in [0.29, 0.717) is 12.5 Å². The fraction of sp³-hybridized carbons (Fsp3) is 0.818. The fourth-order valence-electron chi connectivity index (χ4n) is 2.00. The van der Waals surface area contributed by atoms with Gasteiger partial charge in [0.05, 0.1) is 0 Å². The molecule has 4 nitrogen and oxygen atoms in total. The number of alkyl halides is 1. The van der Waals surface area contributed by atoms with Crippen molar-refractivity contribution in [1.29, 1.82) is 0 Å². The van der Waals surface area contributed by atoms with E-state index in [1.54, 1.807) is 0 Å². The lowest BCUT2D eigenvalue weighted by Gasteiger charge is -2.11. The van der Waals surface area contributed by atoms with Crippen molar-refractivity contribution in [3.63, 3.8) is 0 Å². The van der Waals surface area contributed by atoms with Crippen molar-refractivity contribution in [3.05, 3.63) is 0 Å². The molecule has 2 N–H and O–H groups in total. The smallest absolute Gasteiger partial charge is 0.321 e. The van der Waals surface area contributed by atoms with Crippen LogP contribution in [-0.4, -0.2) is 23.9 Å². The lowest BCUT2D eigenvalue weighted by molar-refractivity contribution is -0.119. The zero-order chi connectivity index (χ0) is 12.1. The molecule has 5 heteroatoms. The monoisotopic (exact) mass is 246 g/mol. The average Bonchev–Trinajstić information content (AvgIpc) is 2.61. The predicted octanol–water partition coefficient (Wildman–Crippen LogP) is 1.88. The normalized spacial score (nSPS) is 26.2. The molecule has 3 unspecified atom stereocenters. The third-order valence-electron chi connectivity index (χ3n) is 2.95. The van der Waals surface area contributed by atoms with Crippen molar-refractivity contribution in [3.8, 4) is 0 Å². The maximum atomic E-state index is 11.3. The maximum absolute atomic E-state index is 11.3. The molecule has 0 aromatic rings. The van der Waals surface area contributed by atoms with Gasteiger partial charge in [-0.25, -0.2) is 4.79 Å². The molecule has 92 valence electrons. The van der Waals surface area contributed by atoms with E-state index >= 15 is 0 Å². The summed E-state index contributed by atoms with van der Waals surface area (Å²) in [5, 5.41) is 4.21. The minimum atomic E-state index is -0.683. The summed E-state index contributed by atoms with van der Waals surface area (Å²) in [4.78, 5) is 22.4. The summed E-state index contributed by atoms with van der Waals surface area (Å²) in [7, 11) is 0. The number of hydrogen-bond donors (Lipinski definition) is 2. The summed E-state index contributed by atoms with van der Waals surface area (Å²) in [5.41, 5.74) is 0. The Bertz CT molecular complexity index is 269. The highest BCUT2D eigenvalue weighted by Crippen LogP contribution is 2.29. The van der Waals surface area contributed by atoms with Crippen LogP contribution in [0.2, 0.25) is 0 Å². The Morgan fingerprint density at radius 2 is 2.12 bits per heavy atom. The molecular formula is C11H19ClN2O2. The Morgan fingerprint density at radius 1 is 1.44 bits per heavy atom. The van der Waals surface area contributed by atoms with Crippen LogP contribution in [0.3, 0.4) is 0 Å². The number of amides is 3. The largest absolute Gasteiger partial charge is 0.338 e. The van der Waals surface area contributed by atoms with Gasteiger partial charge in [-0.1, -0.05) is 13.3 Å². The summed E-state index contributed by atoms with van der Waals surface area (Å²) in [6.45, 7) is 4.39. The van der Waals surface area contributed by atoms with E-state index < -0.39 is 17.3 Å². The molecule has 1 saturated carbocycles. The minimum Gasteiger partial charge on any atom is -0.338 e. The molecule has 3 atom stereocenters. The van der Waals surface area contributed by atoms with Crippen LogP contribution in [0.25, 0.3) is 0 Å². The van der Waals surface area contributed by atoms with Crippen molar-refractivity contribution >= 4 is 23.5 Å². The van der Waals surface area contributed by atoms with Crippen LogP contribution >= 0.6 is 11.6 Å². The first-order valence-corrected chi connectivity index (χ1v) is 6.15. The van der Waals surface area contributed by atoms with Crippen molar-refractivity contribution in [2.24, 2.45) is 11.8 Å². The lowest BCUT2D eigenvalue weighted by atomic mass is 10.1. The van der Waals surface area contributed by atoms with Crippen molar-refractivity contribution in [2.75, 3.05) is 6.54 Å². The molecule has 0 radical (unpaired) electrons. The topological polar surface area (TPSA) is 58.2 Å². The molecule has 0 aromatic carbocycles. The number of imide groups is 1. The molecule has 0 heterocycles. The first-order chi connectivity index (χ1) is 7.49. The van der Waals surface area contributed by atoms with E-state index in [2.05, 4.69) is 17.6 Å². The van der Waals surface area contributed by atoms with Crippen LogP contribution in [0, 0.1) is 11.8 Å². The molecule has 0 spiro atoms. The Kier molecular flexibility index (Phi) is 5.06. The number of carbonyl (C=O) groups excluding carboxylic acids is 2. The molecule has 0 saturated heterocycles. The molecule has 1 aliphatic rings. The molecule has 3 amide bonds. The van der Waals surface area contributed by atoms with Crippen LogP contribution in [0.1, 0.15) is 33.1 Å². The van der Waals surface area contributed by atoms with Gasteiger partial charge in [0.15, 0.2) is 0 Å². The summed E-state index contributed by atoms with van der Waals surface area (Å²) in [6, 6.07) is -0.447. The van der Waals surface area contributed by atoms with Gasteiger partial charge >= 0.3 is 6.03 Å². The first-order valence-electron chi connectivity index (χ1n) is 5.71. The van der Waals surface area contributed by atoms with E-state index in [1.165, 1.54) is 13.3 Å². The summed E-state index contributed by atoms with van der Waals surface area (Å²) >= 11 is 5.53. The Labute approximate surface area is 101 Å². The van der Waals surface area contributed by atoms with Crippen LogP contribution in [0.4, 0.5) is 4.79 Å². The molecule has 16 heavy (non-hydrogen) atoms. The summed E-state index contributed by atoms with van der Waals surface area (Å²) in [6.07, 6.45) is 3.53. The van der Waals surface area contributed by atoms with Crippen molar-refractivity contribution in [2.45, 2.75) is 38.5 Å². The minimum absolute atomic E-state index is 0.447. The zero-order valence-corrected chi connectivity index (χ0v) is 10.5. The Balaban J connectivity index is 2.18. The number of hydrogen-bond acceptors (Lipinski definition) is 2. The van der Waals surface area contributed by atoms with Gasteiger partial charge in [0, 0.05) is 6.54 Å². The summed E-state index contributed by atoms with van der Waals surface area (Å²) in [5.74, 6) is 0.836. The SMILES string of the molecule is CC1CCC(CNC(=O)NC(=O)C(C)Cl)C1. The van der Waals surface area contributed by atoms with Gasteiger partial charge in [0.2, 0.25) is 5.91 Å². The third-order valence-corrected chi connectivity index (χ3v) is 3.15. The van der Waals surface area contributed by atoms with Crippen molar-refractivity contribution in [1.82, 2.24) is 10.6 Å². The van der Waals surface area contributed by atoms with Crippen LogP contribution in [0.5, 0.6) is 0 Å². The zero-order valence-electron chi connectivity index (χ0n) is 9.75. The second-order valence-corrected chi connectivity index (χ2v) is 5.25. The van der Waals surface area contributed by atoms with Crippen molar-refractivity contribution < 1.29 is 9.59 Å². The summed E-state index contributed by atoms with van der Waals surface area (Å²) < 4.78 is 0. The highest BCUT2D eigenvalue weighted by atomic mass is 35.5. The quantitative estimate of drug-likeness (QED) is 0.747. The number of rotatable bonds is 3. The Hall–Kier alpha value is -0.770. The molecule has 0 bridgehead atoms. The second-order valence-electron chi connectivity index (χ2n) is 4.60. The predicted molar refractivity (Wildman–Crippen MR) is 63.4 cm³/mol. The maximum Gasteiger partial charge on any atom is 0.321 e. The van der Waals surface area contributed by atoms with Crippen LogP contribution in [0.15, 0.2) is 0 Å². The fourth-order valence-corrected chi connectivity index (χ4v) is 2.06. The Morgan fingerprint density at radius 3 is 2.62 bits per heavy atom. The van der Waals surface area contributed by atoms with Gasteiger partial charge < -0.3 is 5.32 Å². The van der Waals surface area contributed by atoms with E-state index in [4.69, 9.17) is 11.6 Å². The van der Waals surface area contributed by atoms with Gasteiger partial charge in [-0.05, 0) is 31.6 Å². The standard InChI is InChI=1S/C11H19ClN2O2/c1-7-3-4-9(5-7)6-13-11(16)14-10(15)8(2)12/h7-9H,3-6H2,1-2H3,(H2,13,14,15,16). The second kappa shape index (κ2) is 6.09. The first kappa shape index (κ1) is 13.3. The van der Waals surface area contributed by atoms with Gasteiger partial charge in [-0.3, -0.25) is 10.1 Å². The van der Waals surface area contributed by atoms with Gasteiger partial charge in [0.1, 0.15) is 5.38 Å². The van der Waals surface area contributed by atoms with E-state index in [9.17, 15) is 9.59 Å². The molecule has 0 aromatic heterocycles. The molecular weight excluding hydrogens is 228 g/mol. The van der Waals surface area contributed by atoms with Gasteiger partial charge in [-0.15, -0.1) is 11.6 Å². The third kappa shape index (κ3) is 4.39. The number of urea groups is 1.